The van der Waals surface area contributed by atoms with Crippen LogP contribution in [0.4, 0.5) is 10.5 Å². The van der Waals surface area contributed by atoms with Crippen molar-refractivity contribution < 1.29 is 9.59 Å². The molecule has 1 unspecified atom stereocenters. The maximum Gasteiger partial charge on any atom is 0.355 e. The summed E-state index contributed by atoms with van der Waals surface area (Å²) in [6.07, 6.45) is 6.85. The minimum Gasteiger partial charge on any atom is -0.273 e. The Morgan fingerprint density at radius 3 is 2.45 bits per heavy atom. The topological polar surface area (TPSA) is 49.7 Å². The van der Waals surface area contributed by atoms with Crippen molar-refractivity contribution in [1.29, 1.82) is 0 Å². The van der Waals surface area contributed by atoms with Crippen LogP contribution in [0.2, 0.25) is 10.0 Å². The Hall–Kier alpha value is -1.91. The van der Waals surface area contributed by atoms with Crippen molar-refractivity contribution in [2.75, 3.05) is 4.90 Å². The fourth-order valence-corrected chi connectivity index (χ4v) is 2.66. The molecule has 0 saturated carbocycles. The Bertz CT molecular complexity index is 687. The first-order chi connectivity index (χ1) is 9.56. The van der Waals surface area contributed by atoms with Crippen LogP contribution < -0.4 is 4.90 Å². The quantitative estimate of drug-likeness (QED) is 0.795. The lowest BCUT2D eigenvalue weighted by molar-refractivity contribution is -0.118. The van der Waals surface area contributed by atoms with Gasteiger partial charge in [0, 0.05) is 10.0 Å². The molecule has 20 heavy (non-hydrogen) atoms. The second kappa shape index (κ2) is 4.89. The van der Waals surface area contributed by atoms with Crippen LogP contribution in [0.25, 0.3) is 0 Å². The fourth-order valence-electron chi connectivity index (χ4n) is 2.15. The van der Waals surface area contributed by atoms with E-state index in [0.717, 1.165) is 4.90 Å². The van der Waals surface area contributed by atoms with Crippen LogP contribution in [0.5, 0.6) is 0 Å². The van der Waals surface area contributed by atoms with Gasteiger partial charge in [0.1, 0.15) is 0 Å². The highest BCUT2D eigenvalue weighted by Crippen LogP contribution is 2.30. The van der Waals surface area contributed by atoms with Gasteiger partial charge in [0.2, 0.25) is 5.91 Å². The van der Waals surface area contributed by atoms with Crippen molar-refractivity contribution >= 4 is 46.5 Å². The summed E-state index contributed by atoms with van der Waals surface area (Å²) in [5.74, 6) is -0.908. The Morgan fingerprint density at radius 2 is 1.75 bits per heavy atom. The molecular formula is C14H8Cl2N2O2. The molecule has 3 amide bonds. The van der Waals surface area contributed by atoms with Gasteiger partial charge in [-0.1, -0.05) is 41.4 Å². The molecule has 0 fully saturated rings. The number of hydrogen-bond acceptors (Lipinski definition) is 2. The third-order valence-electron chi connectivity index (χ3n) is 3.01. The summed E-state index contributed by atoms with van der Waals surface area (Å²) < 4.78 is 0. The number of anilines is 1. The highest BCUT2D eigenvalue weighted by atomic mass is 35.5. The second-order valence-electron chi connectivity index (χ2n) is 4.34. The standard InChI is InChI=1S/C14H8Cl2N2O2/c15-8-5-9(16)7-10(6-8)18-13(19)11-3-1-2-4-12(11)17-14(18)20/h1-7,11H. The van der Waals surface area contributed by atoms with Gasteiger partial charge in [-0.05, 0) is 24.3 Å². The third kappa shape index (κ3) is 2.17. The molecule has 0 radical (unpaired) electrons. The number of urea groups is 1. The molecule has 1 aromatic rings. The summed E-state index contributed by atoms with van der Waals surface area (Å²) >= 11 is 11.8. The molecule has 1 atom stereocenters. The zero-order valence-electron chi connectivity index (χ0n) is 10.1. The molecule has 0 spiro atoms. The van der Waals surface area contributed by atoms with Gasteiger partial charge < -0.3 is 0 Å². The number of halogens is 2. The fraction of sp³-hybridized carbons (Fsp3) is 0.0714. The van der Waals surface area contributed by atoms with E-state index in [2.05, 4.69) is 4.99 Å². The first-order valence-corrected chi connectivity index (χ1v) is 6.59. The van der Waals surface area contributed by atoms with Crippen molar-refractivity contribution in [2.24, 2.45) is 10.9 Å². The number of fused-ring (bicyclic) bond motifs is 1. The van der Waals surface area contributed by atoms with E-state index in [4.69, 9.17) is 23.2 Å². The van der Waals surface area contributed by atoms with Gasteiger partial charge >= 0.3 is 6.03 Å². The maximum atomic E-state index is 12.4. The molecule has 1 aliphatic carbocycles. The highest BCUT2D eigenvalue weighted by molar-refractivity contribution is 6.36. The molecule has 100 valence electrons. The predicted molar refractivity (Wildman–Crippen MR) is 78.5 cm³/mol. The molecule has 1 heterocycles. The number of hydrogen-bond donors (Lipinski definition) is 0. The van der Waals surface area contributed by atoms with E-state index < -0.39 is 11.9 Å². The van der Waals surface area contributed by atoms with Crippen molar-refractivity contribution in [3.63, 3.8) is 0 Å². The summed E-state index contributed by atoms with van der Waals surface area (Å²) in [5.41, 5.74) is 0.773. The average Bonchev–Trinajstić information content (AvgIpc) is 2.37. The zero-order valence-corrected chi connectivity index (χ0v) is 11.6. The number of carbonyl (C=O) groups is 2. The number of amides is 3. The van der Waals surface area contributed by atoms with Crippen molar-refractivity contribution in [3.05, 3.63) is 52.5 Å². The van der Waals surface area contributed by atoms with Crippen LogP contribution in [-0.4, -0.2) is 17.6 Å². The van der Waals surface area contributed by atoms with E-state index in [1.54, 1.807) is 24.3 Å². The van der Waals surface area contributed by atoms with Gasteiger partial charge in [0.15, 0.2) is 0 Å². The Balaban J connectivity index is 2.08. The number of benzene rings is 1. The number of rotatable bonds is 1. The van der Waals surface area contributed by atoms with E-state index >= 15 is 0 Å². The van der Waals surface area contributed by atoms with E-state index in [0.29, 0.717) is 21.4 Å². The van der Waals surface area contributed by atoms with Crippen LogP contribution in [0.1, 0.15) is 0 Å². The van der Waals surface area contributed by atoms with Gasteiger partial charge in [-0.25, -0.2) is 9.69 Å². The van der Waals surface area contributed by atoms with Gasteiger partial charge in [0.25, 0.3) is 0 Å². The average molecular weight is 307 g/mol. The Kier molecular flexibility index (Phi) is 3.20. The maximum absolute atomic E-state index is 12.4. The first kappa shape index (κ1) is 13.1. The molecule has 0 aromatic heterocycles. The van der Waals surface area contributed by atoms with E-state index in [1.165, 1.54) is 18.2 Å². The molecule has 4 nitrogen and oxygen atoms in total. The molecule has 1 aromatic carbocycles. The summed E-state index contributed by atoms with van der Waals surface area (Å²) in [7, 11) is 0. The van der Waals surface area contributed by atoms with Crippen molar-refractivity contribution in [2.45, 2.75) is 0 Å². The molecule has 0 N–H and O–H groups in total. The number of allylic oxidation sites excluding steroid dienone is 3. The minimum absolute atomic E-state index is 0.322. The molecule has 0 saturated heterocycles. The molecule has 2 aliphatic rings. The second-order valence-corrected chi connectivity index (χ2v) is 5.22. The number of imide groups is 1. The van der Waals surface area contributed by atoms with Gasteiger partial charge in [-0.3, -0.25) is 4.79 Å². The van der Waals surface area contributed by atoms with Crippen LogP contribution >= 0.6 is 23.2 Å². The third-order valence-corrected chi connectivity index (χ3v) is 3.44. The largest absolute Gasteiger partial charge is 0.355 e. The van der Waals surface area contributed by atoms with Crippen LogP contribution in [-0.2, 0) is 4.79 Å². The molecule has 1 aliphatic heterocycles. The lowest BCUT2D eigenvalue weighted by Gasteiger charge is -2.28. The highest BCUT2D eigenvalue weighted by Gasteiger charge is 2.36. The summed E-state index contributed by atoms with van der Waals surface area (Å²) in [4.78, 5) is 29.4. The van der Waals surface area contributed by atoms with Gasteiger partial charge in [-0.2, -0.15) is 4.99 Å². The lowest BCUT2D eigenvalue weighted by Crippen LogP contribution is -2.46. The van der Waals surface area contributed by atoms with E-state index in [9.17, 15) is 9.59 Å². The monoisotopic (exact) mass is 306 g/mol. The molecular weight excluding hydrogens is 299 g/mol. The normalized spacial score (nSPS) is 21.0. The molecule has 0 bridgehead atoms. The van der Waals surface area contributed by atoms with Crippen LogP contribution in [0, 0.1) is 5.92 Å². The number of nitrogens with zero attached hydrogens (tertiary/aromatic N) is 2. The minimum atomic E-state index is -0.639. The van der Waals surface area contributed by atoms with Crippen molar-refractivity contribution in [1.82, 2.24) is 0 Å². The van der Waals surface area contributed by atoms with Crippen LogP contribution in [0.3, 0.4) is 0 Å². The molecule has 3 rings (SSSR count). The smallest absolute Gasteiger partial charge is 0.273 e. The first-order valence-electron chi connectivity index (χ1n) is 5.84. The number of carbonyl (C=O) groups excluding carboxylic acids is 2. The zero-order chi connectivity index (χ0) is 14.3. The lowest BCUT2D eigenvalue weighted by atomic mass is 9.95. The Morgan fingerprint density at radius 1 is 1.05 bits per heavy atom. The SMILES string of the molecule is O=C1N=C2C=CC=CC2C(=O)N1c1cc(Cl)cc(Cl)c1. The van der Waals surface area contributed by atoms with Crippen LogP contribution in [0.15, 0.2) is 47.5 Å². The van der Waals surface area contributed by atoms with E-state index in [1.807, 2.05) is 0 Å². The summed E-state index contributed by atoms with van der Waals surface area (Å²) in [5, 5.41) is 0.698. The van der Waals surface area contributed by atoms with Gasteiger partial charge in [0.05, 0.1) is 17.3 Å². The van der Waals surface area contributed by atoms with Crippen molar-refractivity contribution in [3.8, 4) is 0 Å². The number of aliphatic imine (C=N–C) groups is 1. The summed E-state index contributed by atoms with van der Waals surface area (Å²) in [6, 6.07) is 3.90. The van der Waals surface area contributed by atoms with Gasteiger partial charge in [-0.15, -0.1) is 0 Å². The predicted octanol–water partition coefficient (Wildman–Crippen LogP) is 3.64. The molecule has 6 heteroatoms. The van der Waals surface area contributed by atoms with E-state index in [-0.39, 0.29) is 5.91 Å². The Labute approximate surface area is 125 Å². The summed E-state index contributed by atoms with van der Waals surface area (Å²) in [6.45, 7) is 0.